The number of carbonyl (C=O) groups excluding carboxylic acids is 1. The summed E-state index contributed by atoms with van der Waals surface area (Å²) in [5.41, 5.74) is 1.03. The third-order valence-corrected chi connectivity index (χ3v) is 1.89. The molecule has 0 aromatic carbocycles. The lowest BCUT2D eigenvalue weighted by Gasteiger charge is -2.19. The van der Waals surface area contributed by atoms with Crippen molar-refractivity contribution in [3.8, 4) is 0 Å². The highest BCUT2D eigenvalue weighted by atomic mass is 16.1. The molecule has 0 spiro atoms. The first-order chi connectivity index (χ1) is 5.61. The highest BCUT2D eigenvalue weighted by molar-refractivity contribution is 5.80. The maximum absolute atomic E-state index is 11.2. The van der Waals surface area contributed by atoms with Crippen LogP contribution in [0.25, 0.3) is 0 Å². The average Bonchev–Trinajstić information content (AvgIpc) is 2.03. The summed E-state index contributed by atoms with van der Waals surface area (Å²) in [6, 6.07) is 0. The molecule has 0 amide bonds. The zero-order valence-electron chi connectivity index (χ0n) is 8.39. The van der Waals surface area contributed by atoms with Gasteiger partial charge in [-0.3, -0.25) is 4.79 Å². The van der Waals surface area contributed by atoms with E-state index >= 15 is 0 Å². The molecular formula is C10H19NO. The SMILES string of the molecule is C=C(CC)N(C)CC(=O)CCC. The lowest BCUT2D eigenvalue weighted by Crippen LogP contribution is -2.24. The molecule has 0 unspecified atom stereocenters. The number of carbonyl (C=O) groups is 1. The van der Waals surface area contributed by atoms with Crippen LogP contribution in [0.2, 0.25) is 0 Å². The molecule has 12 heavy (non-hydrogen) atoms. The van der Waals surface area contributed by atoms with Gasteiger partial charge in [0, 0.05) is 19.2 Å². The van der Waals surface area contributed by atoms with Crippen LogP contribution in [-0.4, -0.2) is 24.3 Å². The summed E-state index contributed by atoms with van der Waals surface area (Å²) in [4.78, 5) is 13.1. The number of rotatable bonds is 6. The fraction of sp³-hybridized carbons (Fsp3) is 0.700. The molecule has 0 aromatic rings. The number of nitrogens with zero attached hydrogens (tertiary/aromatic N) is 1. The van der Waals surface area contributed by atoms with E-state index in [-0.39, 0.29) is 0 Å². The summed E-state index contributed by atoms with van der Waals surface area (Å²) in [5, 5.41) is 0. The predicted octanol–water partition coefficient (Wildman–Crippen LogP) is 2.21. The Balaban J connectivity index is 3.75. The zero-order valence-corrected chi connectivity index (χ0v) is 8.39. The standard InChI is InChI=1S/C10H19NO/c1-5-7-10(12)8-11(4)9(3)6-2/h3,5-8H2,1-2,4H3. The van der Waals surface area contributed by atoms with Crippen molar-refractivity contribution in [2.24, 2.45) is 0 Å². The third kappa shape index (κ3) is 4.16. The number of ketones is 1. The van der Waals surface area contributed by atoms with Gasteiger partial charge in [-0.15, -0.1) is 0 Å². The number of Topliss-reactive ketones (excluding diaryl/α,β-unsaturated/α-hetero) is 1. The van der Waals surface area contributed by atoms with Gasteiger partial charge < -0.3 is 4.90 Å². The van der Waals surface area contributed by atoms with Crippen molar-refractivity contribution in [1.29, 1.82) is 0 Å². The molecule has 0 rings (SSSR count). The van der Waals surface area contributed by atoms with Crippen LogP contribution in [0.1, 0.15) is 33.1 Å². The maximum atomic E-state index is 11.2. The Kier molecular flexibility index (Phi) is 5.43. The van der Waals surface area contributed by atoms with Crippen LogP contribution in [0.4, 0.5) is 0 Å². The molecule has 0 saturated carbocycles. The Morgan fingerprint density at radius 1 is 1.42 bits per heavy atom. The van der Waals surface area contributed by atoms with Gasteiger partial charge in [0.2, 0.25) is 0 Å². The lowest BCUT2D eigenvalue weighted by atomic mass is 10.2. The normalized spacial score (nSPS) is 9.58. The van der Waals surface area contributed by atoms with Crippen molar-refractivity contribution in [2.45, 2.75) is 33.1 Å². The number of likely N-dealkylation sites (N-methyl/N-ethyl adjacent to an activating group) is 1. The van der Waals surface area contributed by atoms with E-state index in [1.165, 1.54) is 0 Å². The molecule has 0 bridgehead atoms. The number of hydrogen-bond donors (Lipinski definition) is 0. The largest absolute Gasteiger partial charge is 0.371 e. The van der Waals surface area contributed by atoms with Gasteiger partial charge in [-0.25, -0.2) is 0 Å². The Morgan fingerprint density at radius 3 is 2.42 bits per heavy atom. The average molecular weight is 169 g/mol. The fourth-order valence-electron chi connectivity index (χ4n) is 1.00. The van der Waals surface area contributed by atoms with Crippen molar-refractivity contribution < 1.29 is 4.79 Å². The van der Waals surface area contributed by atoms with E-state index in [2.05, 4.69) is 6.58 Å². The molecule has 0 N–H and O–H groups in total. The highest BCUT2D eigenvalue weighted by Crippen LogP contribution is 2.03. The second-order valence-electron chi connectivity index (χ2n) is 3.06. The van der Waals surface area contributed by atoms with Crippen LogP contribution >= 0.6 is 0 Å². The van der Waals surface area contributed by atoms with E-state index in [9.17, 15) is 4.79 Å². The minimum absolute atomic E-state index is 0.301. The molecular weight excluding hydrogens is 150 g/mol. The maximum Gasteiger partial charge on any atom is 0.152 e. The van der Waals surface area contributed by atoms with E-state index in [0.717, 1.165) is 18.5 Å². The van der Waals surface area contributed by atoms with Crippen LogP contribution in [0, 0.1) is 0 Å². The molecule has 0 atom stereocenters. The number of allylic oxidation sites excluding steroid dienone is 1. The first kappa shape index (κ1) is 11.2. The minimum Gasteiger partial charge on any atom is -0.371 e. The Labute approximate surface area is 75.3 Å². The van der Waals surface area contributed by atoms with Crippen LogP contribution in [0.15, 0.2) is 12.3 Å². The number of hydrogen-bond acceptors (Lipinski definition) is 2. The smallest absolute Gasteiger partial charge is 0.152 e. The van der Waals surface area contributed by atoms with Gasteiger partial charge in [0.25, 0.3) is 0 Å². The molecule has 0 saturated heterocycles. The van der Waals surface area contributed by atoms with Gasteiger partial charge in [0.15, 0.2) is 5.78 Å². The van der Waals surface area contributed by atoms with E-state index in [1.54, 1.807) is 0 Å². The lowest BCUT2D eigenvalue weighted by molar-refractivity contribution is -0.119. The van der Waals surface area contributed by atoms with Crippen LogP contribution in [0.3, 0.4) is 0 Å². The Morgan fingerprint density at radius 2 is 2.00 bits per heavy atom. The van der Waals surface area contributed by atoms with Crippen LogP contribution in [0.5, 0.6) is 0 Å². The molecule has 0 aliphatic carbocycles. The molecule has 0 aliphatic rings. The molecule has 0 heterocycles. The van der Waals surface area contributed by atoms with E-state index in [1.807, 2.05) is 25.8 Å². The van der Waals surface area contributed by atoms with E-state index < -0.39 is 0 Å². The second-order valence-corrected chi connectivity index (χ2v) is 3.06. The first-order valence-electron chi connectivity index (χ1n) is 4.52. The van der Waals surface area contributed by atoms with Crippen molar-refractivity contribution in [1.82, 2.24) is 4.90 Å². The third-order valence-electron chi connectivity index (χ3n) is 1.89. The van der Waals surface area contributed by atoms with Crippen molar-refractivity contribution in [3.05, 3.63) is 12.3 Å². The minimum atomic E-state index is 0.301. The van der Waals surface area contributed by atoms with Gasteiger partial charge in [-0.05, 0) is 12.8 Å². The Hall–Kier alpha value is -0.790. The highest BCUT2D eigenvalue weighted by Gasteiger charge is 2.05. The van der Waals surface area contributed by atoms with Gasteiger partial charge in [-0.2, -0.15) is 0 Å². The van der Waals surface area contributed by atoms with Crippen LogP contribution in [-0.2, 0) is 4.79 Å². The molecule has 0 radical (unpaired) electrons. The van der Waals surface area contributed by atoms with Crippen molar-refractivity contribution in [2.75, 3.05) is 13.6 Å². The molecule has 2 nitrogen and oxygen atoms in total. The van der Waals surface area contributed by atoms with Gasteiger partial charge in [-0.1, -0.05) is 20.4 Å². The Bertz CT molecular complexity index is 163. The fourth-order valence-corrected chi connectivity index (χ4v) is 1.00. The molecule has 2 heteroatoms. The molecule has 0 aromatic heterocycles. The summed E-state index contributed by atoms with van der Waals surface area (Å²) in [6.45, 7) is 8.44. The molecule has 70 valence electrons. The summed E-state index contributed by atoms with van der Waals surface area (Å²) in [7, 11) is 1.92. The van der Waals surface area contributed by atoms with Crippen molar-refractivity contribution >= 4 is 5.78 Å². The van der Waals surface area contributed by atoms with E-state index in [0.29, 0.717) is 18.7 Å². The van der Waals surface area contributed by atoms with Gasteiger partial charge in [0.05, 0.1) is 6.54 Å². The van der Waals surface area contributed by atoms with Gasteiger partial charge >= 0.3 is 0 Å². The first-order valence-corrected chi connectivity index (χ1v) is 4.52. The summed E-state index contributed by atoms with van der Waals surface area (Å²) in [5.74, 6) is 0.301. The summed E-state index contributed by atoms with van der Waals surface area (Å²) in [6.07, 6.45) is 2.53. The molecule has 0 fully saturated rings. The molecule has 0 aliphatic heterocycles. The predicted molar refractivity (Wildman–Crippen MR) is 52.0 cm³/mol. The topological polar surface area (TPSA) is 20.3 Å². The summed E-state index contributed by atoms with van der Waals surface area (Å²) >= 11 is 0. The summed E-state index contributed by atoms with van der Waals surface area (Å²) < 4.78 is 0. The van der Waals surface area contributed by atoms with Gasteiger partial charge in [0.1, 0.15) is 0 Å². The van der Waals surface area contributed by atoms with Crippen molar-refractivity contribution in [3.63, 3.8) is 0 Å². The van der Waals surface area contributed by atoms with Crippen LogP contribution < -0.4 is 0 Å². The second kappa shape index (κ2) is 5.81. The quantitative estimate of drug-likeness (QED) is 0.607. The zero-order chi connectivity index (χ0) is 9.56. The van der Waals surface area contributed by atoms with E-state index in [4.69, 9.17) is 0 Å². The monoisotopic (exact) mass is 169 g/mol.